The Balaban J connectivity index is 1.68. The zero-order valence-corrected chi connectivity index (χ0v) is 11.5. The van der Waals surface area contributed by atoms with Crippen LogP contribution in [-0.4, -0.2) is 42.4 Å². The Morgan fingerprint density at radius 3 is 2.53 bits per heavy atom. The minimum Gasteiger partial charge on any atom is -0.302 e. The van der Waals surface area contributed by atoms with E-state index in [1.165, 1.54) is 43.8 Å². The van der Waals surface area contributed by atoms with E-state index in [1.807, 2.05) is 11.9 Å². The summed E-state index contributed by atoms with van der Waals surface area (Å²) in [5.74, 6) is 0. The van der Waals surface area contributed by atoms with Crippen LogP contribution in [0.4, 0.5) is 0 Å². The van der Waals surface area contributed by atoms with E-state index in [9.17, 15) is 0 Å². The van der Waals surface area contributed by atoms with Crippen LogP contribution in [-0.2, 0) is 0 Å². The predicted octanol–water partition coefficient (Wildman–Crippen LogP) is 3.11. The van der Waals surface area contributed by atoms with Gasteiger partial charge in [-0.1, -0.05) is 24.6 Å². The van der Waals surface area contributed by atoms with Crippen LogP contribution in [0.5, 0.6) is 0 Å². The molecule has 0 spiro atoms. The van der Waals surface area contributed by atoms with Gasteiger partial charge in [-0.3, -0.25) is 0 Å². The number of hydrogen-bond donors (Lipinski definition) is 0. The molecule has 0 aromatic heterocycles. The first-order chi connectivity index (χ1) is 8.34. The van der Waals surface area contributed by atoms with Crippen molar-refractivity contribution in [1.82, 2.24) is 9.21 Å². The second-order valence-electron chi connectivity index (χ2n) is 4.66. The summed E-state index contributed by atoms with van der Waals surface area (Å²) >= 11 is 1.84. The Morgan fingerprint density at radius 2 is 1.82 bits per heavy atom. The van der Waals surface area contributed by atoms with E-state index in [0.717, 1.165) is 6.54 Å². The molecule has 0 saturated carbocycles. The van der Waals surface area contributed by atoms with Gasteiger partial charge in [0.2, 0.25) is 0 Å². The van der Waals surface area contributed by atoms with E-state index < -0.39 is 0 Å². The first kappa shape index (κ1) is 12.9. The molecule has 1 aromatic carbocycles. The van der Waals surface area contributed by atoms with Gasteiger partial charge in [-0.2, -0.15) is 0 Å². The van der Waals surface area contributed by atoms with Crippen LogP contribution in [0, 0.1) is 0 Å². The van der Waals surface area contributed by atoms with Gasteiger partial charge in [0.05, 0.1) is 0 Å². The van der Waals surface area contributed by atoms with Crippen LogP contribution in [0.2, 0.25) is 0 Å². The van der Waals surface area contributed by atoms with E-state index in [0.29, 0.717) is 0 Å². The van der Waals surface area contributed by atoms with Gasteiger partial charge in [0, 0.05) is 18.0 Å². The van der Waals surface area contributed by atoms with Crippen molar-refractivity contribution in [1.29, 1.82) is 0 Å². The summed E-state index contributed by atoms with van der Waals surface area (Å²) in [4.78, 5) is 3.92. The summed E-state index contributed by atoms with van der Waals surface area (Å²) in [5, 5.41) is 0. The summed E-state index contributed by atoms with van der Waals surface area (Å²) in [6.45, 7) is 4.93. The van der Waals surface area contributed by atoms with E-state index in [-0.39, 0.29) is 0 Å². The molecule has 0 bridgehead atoms. The van der Waals surface area contributed by atoms with Crippen molar-refractivity contribution in [3.63, 3.8) is 0 Å². The number of rotatable bonds is 5. The lowest BCUT2D eigenvalue weighted by atomic mass is 10.1. The number of benzene rings is 1. The number of hydrogen-bond acceptors (Lipinski definition) is 3. The summed E-state index contributed by atoms with van der Waals surface area (Å²) in [5.41, 5.74) is 0. The molecular formula is C14H22N2S. The Bertz CT molecular complexity index is 309. The molecule has 2 rings (SSSR count). The van der Waals surface area contributed by atoms with E-state index >= 15 is 0 Å². The molecule has 2 nitrogen and oxygen atoms in total. The molecule has 1 heterocycles. The Labute approximate surface area is 109 Å². The lowest BCUT2D eigenvalue weighted by Crippen LogP contribution is -2.34. The second kappa shape index (κ2) is 7.04. The maximum Gasteiger partial charge on any atom is 0.0230 e. The zero-order chi connectivity index (χ0) is 11.9. The maximum absolute atomic E-state index is 2.59. The average Bonchev–Trinajstić information content (AvgIpc) is 2.39. The summed E-state index contributed by atoms with van der Waals surface area (Å²) in [6, 6.07) is 10.6. The lowest BCUT2D eigenvalue weighted by Gasteiger charge is -2.28. The number of likely N-dealkylation sites (tertiary alicyclic amines) is 1. The summed E-state index contributed by atoms with van der Waals surface area (Å²) < 4.78 is 2.34. The van der Waals surface area contributed by atoms with Gasteiger partial charge in [-0.25, -0.2) is 4.31 Å². The largest absolute Gasteiger partial charge is 0.302 e. The normalized spacial score (nSPS) is 17.5. The molecule has 3 heteroatoms. The minimum atomic E-state index is 1.14. The van der Waals surface area contributed by atoms with Crippen LogP contribution in [0.15, 0.2) is 35.2 Å². The molecule has 0 atom stereocenters. The van der Waals surface area contributed by atoms with Crippen molar-refractivity contribution in [2.45, 2.75) is 24.2 Å². The zero-order valence-electron chi connectivity index (χ0n) is 10.6. The third-order valence-electron chi connectivity index (χ3n) is 3.18. The molecule has 1 aliphatic heterocycles. The molecule has 0 amide bonds. The molecular weight excluding hydrogens is 228 g/mol. The van der Waals surface area contributed by atoms with Crippen LogP contribution in [0.25, 0.3) is 0 Å². The molecule has 0 unspecified atom stereocenters. The Kier molecular flexibility index (Phi) is 5.36. The maximum atomic E-state index is 2.59. The lowest BCUT2D eigenvalue weighted by molar-refractivity contribution is 0.220. The highest BCUT2D eigenvalue weighted by Crippen LogP contribution is 2.20. The molecule has 17 heavy (non-hydrogen) atoms. The second-order valence-corrected chi connectivity index (χ2v) is 5.94. The first-order valence-corrected chi connectivity index (χ1v) is 7.28. The number of nitrogens with zero attached hydrogens (tertiary/aromatic N) is 2. The fourth-order valence-electron chi connectivity index (χ4n) is 2.17. The summed E-state index contributed by atoms with van der Waals surface area (Å²) in [7, 11) is 2.18. The van der Waals surface area contributed by atoms with E-state index in [4.69, 9.17) is 0 Å². The predicted molar refractivity (Wildman–Crippen MR) is 75.2 cm³/mol. The minimum absolute atomic E-state index is 1.14. The summed E-state index contributed by atoms with van der Waals surface area (Å²) in [6.07, 6.45) is 4.19. The quantitative estimate of drug-likeness (QED) is 0.741. The molecule has 1 aromatic rings. The Hall–Kier alpha value is -0.510. The highest BCUT2D eigenvalue weighted by atomic mass is 32.2. The average molecular weight is 250 g/mol. The van der Waals surface area contributed by atoms with Crippen molar-refractivity contribution in [2.75, 3.05) is 33.2 Å². The molecule has 1 aliphatic rings. The van der Waals surface area contributed by atoms with Crippen LogP contribution in [0.1, 0.15) is 19.3 Å². The highest BCUT2D eigenvalue weighted by molar-refractivity contribution is 7.97. The van der Waals surface area contributed by atoms with Gasteiger partial charge in [0.15, 0.2) is 0 Å². The van der Waals surface area contributed by atoms with Crippen molar-refractivity contribution >= 4 is 11.9 Å². The van der Waals surface area contributed by atoms with Crippen LogP contribution < -0.4 is 0 Å². The monoisotopic (exact) mass is 250 g/mol. The fourth-order valence-corrected chi connectivity index (χ4v) is 2.98. The van der Waals surface area contributed by atoms with E-state index in [2.05, 4.69) is 46.6 Å². The number of piperidine rings is 1. The van der Waals surface area contributed by atoms with Crippen LogP contribution in [0.3, 0.4) is 0 Å². The molecule has 1 fully saturated rings. The third kappa shape index (κ3) is 4.70. The van der Waals surface area contributed by atoms with Crippen molar-refractivity contribution in [2.24, 2.45) is 0 Å². The number of likely N-dealkylation sites (N-methyl/N-ethyl adjacent to an activating group) is 1. The molecule has 0 N–H and O–H groups in total. The molecule has 0 radical (unpaired) electrons. The van der Waals surface area contributed by atoms with Gasteiger partial charge >= 0.3 is 0 Å². The fraction of sp³-hybridized carbons (Fsp3) is 0.571. The smallest absolute Gasteiger partial charge is 0.0230 e. The van der Waals surface area contributed by atoms with Crippen molar-refractivity contribution in [3.8, 4) is 0 Å². The molecule has 0 aliphatic carbocycles. The Morgan fingerprint density at radius 1 is 1.12 bits per heavy atom. The van der Waals surface area contributed by atoms with Gasteiger partial charge in [0.1, 0.15) is 0 Å². The first-order valence-electron chi connectivity index (χ1n) is 6.51. The van der Waals surface area contributed by atoms with Gasteiger partial charge in [0.25, 0.3) is 0 Å². The third-order valence-corrected chi connectivity index (χ3v) is 4.16. The SMILES string of the molecule is CN(CCN1CCCCC1)Sc1ccccc1. The van der Waals surface area contributed by atoms with Crippen LogP contribution >= 0.6 is 11.9 Å². The van der Waals surface area contributed by atoms with Gasteiger partial charge < -0.3 is 4.90 Å². The topological polar surface area (TPSA) is 6.48 Å². The van der Waals surface area contributed by atoms with Gasteiger partial charge in [-0.15, -0.1) is 0 Å². The highest BCUT2D eigenvalue weighted by Gasteiger charge is 2.10. The van der Waals surface area contributed by atoms with Crippen molar-refractivity contribution in [3.05, 3.63) is 30.3 Å². The van der Waals surface area contributed by atoms with Crippen molar-refractivity contribution < 1.29 is 0 Å². The molecule has 94 valence electrons. The standard InChI is InChI=1S/C14H22N2S/c1-15(17-14-8-4-2-5-9-14)12-13-16-10-6-3-7-11-16/h2,4-5,8-9H,3,6-7,10-13H2,1H3. The molecule has 1 saturated heterocycles. The van der Waals surface area contributed by atoms with E-state index in [1.54, 1.807) is 0 Å². The van der Waals surface area contributed by atoms with Gasteiger partial charge in [-0.05, 0) is 57.1 Å².